The predicted octanol–water partition coefficient (Wildman–Crippen LogP) is 4.12. The molecule has 2 rings (SSSR count). The minimum atomic E-state index is -4.88. The Morgan fingerprint density at radius 1 is 1.10 bits per heavy atom. The number of nitrogens with two attached hydrogens (primary N) is 1. The molecular formula is C18H25F6N3OS. The molecule has 4 nitrogen and oxygen atoms in total. The number of thioether (sulfide) groups is 1. The van der Waals surface area contributed by atoms with E-state index in [9.17, 15) is 26.3 Å². The van der Waals surface area contributed by atoms with Crippen molar-refractivity contribution in [1.82, 2.24) is 10.6 Å². The van der Waals surface area contributed by atoms with Crippen LogP contribution in [-0.4, -0.2) is 39.2 Å². The number of nitrogens with one attached hydrogen (secondary N) is 2. The van der Waals surface area contributed by atoms with Crippen LogP contribution in [-0.2, 0) is 17.1 Å². The molecular weight excluding hydrogens is 420 g/mol. The van der Waals surface area contributed by atoms with E-state index in [4.69, 9.17) is 10.5 Å². The van der Waals surface area contributed by atoms with Crippen molar-refractivity contribution in [3.8, 4) is 0 Å². The Hall–Kier alpha value is -1.72. The molecule has 1 fully saturated rings. The molecule has 1 heterocycles. The predicted molar refractivity (Wildman–Crippen MR) is 104 cm³/mol. The quantitative estimate of drug-likeness (QED) is 0.470. The summed E-state index contributed by atoms with van der Waals surface area (Å²) in [5.74, 6) is 0.586. The minimum absolute atomic E-state index is 0.0743. The number of halogens is 6. The zero-order chi connectivity index (χ0) is 22.5. The van der Waals surface area contributed by atoms with Gasteiger partial charge in [-0.3, -0.25) is 0 Å². The van der Waals surface area contributed by atoms with Crippen LogP contribution in [0.4, 0.5) is 26.3 Å². The van der Waals surface area contributed by atoms with Crippen LogP contribution in [0.5, 0.6) is 0 Å². The van der Waals surface area contributed by atoms with Gasteiger partial charge in [-0.2, -0.15) is 26.3 Å². The number of benzene rings is 1. The van der Waals surface area contributed by atoms with Crippen LogP contribution in [0, 0.1) is 0 Å². The molecule has 0 aliphatic carbocycles. The van der Waals surface area contributed by atoms with E-state index in [1.54, 1.807) is 7.05 Å². The lowest BCUT2D eigenvalue weighted by atomic mass is 10.0. The summed E-state index contributed by atoms with van der Waals surface area (Å²) in [7, 11) is 1.72. The van der Waals surface area contributed by atoms with Crippen molar-refractivity contribution in [2.24, 2.45) is 5.73 Å². The van der Waals surface area contributed by atoms with E-state index in [2.05, 4.69) is 10.6 Å². The summed E-state index contributed by atoms with van der Waals surface area (Å²) in [5.41, 5.74) is 2.38. The summed E-state index contributed by atoms with van der Waals surface area (Å²) in [6.07, 6.45) is -6.98. The number of rotatable bonds is 5. The van der Waals surface area contributed by atoms with Crippen LogP contribution < -0.4 is 16.4 Å². The van der Waals surface area contributed by atoms with Gasteiger partial charge in [0.25, 0.3) is 0 Å². The lowest BCUT2D eigenvalue weighted by Crippen LogP contribution is -2.12. The number of carbonyl (C=O) groups excluding carboxylic acids is 1. The van der Waals surface area contributed by atoms with Gasteiger partial charge in [-0.1, -0.05) is 0 Å². The molecule has 4 N–H and O–H groups in total. The Kier molecular flexibility index (Phi) is 12.7. The van der Waals surface area contributed by atoms with Gasteiger partial charge in [0.2, 0.25) is 0 Å². The van der Waals surface area contributed by atoms with Gasteiger partial charge in [0, 0.05) is 18.0 Å². The average Bonchev–Trinajstić information content (AvgIpc) is 3.25. The molecule has 0 amide bonds. The van der Waals surface area contributed by atoms with E-state index in [1.165, 1.54) is 43.1 Å². The molecule has 0 spiro atoms. The highest BCUT2D eigenvalue weighted by molar-refractivity contribution is 8.02. The highest BCUT2D eigenvalue weighted by atomic mass is 32.2. The van der Waals surface area contributed by atoms with E-state index in [0.717, 1.165) is 0 Å². The Morgan fingerprint density at radius 2 is 1.59 bits per heavy atom. The van der Waals surface area contributed by atoms with Gasteiger partial charge < -0.3 is 21.2 Å². The second kappa shape index (κ2) is 13.5. The highest BCUT2D eigenvalue weighted by Gasteiger charge is 2.37. The van der Waals surface area contributed by atoms with Gasteiger partial charge in [-0.15, -0.1) is 11.8 Å². The van der Waals surface area contributed by atoms with Crippen LogP contribution in [0.2, 0.25) is 0 Å². The molecule has 0 aromatic heterocycles. The van der Waals surface area contributed by atoms with Gasteiger partial charge in [0.1, 0.15) is 6.79 Å². The number of hydrogen-bond acceptors (Lipinski definition) is 5. The second-order valence-electron chi connectivity index (χ2n) is 5.80. The van der Waals surface area contributed by atoms with Crippen LogP contribution in [0.15, 0.2) is 23.6 Å². The molecule has 0 saturated carbocycles. The van der Waals surface area contributed by atoms with Gasteiger partial charge in [0.15, 0.2) is 0 Å². The van der Waals surface area contributed by atoms with E-state index in [0.29, 0.717) is 24.4 Å². The smallest absolute Gasteiger partial charge is 0.398 e. The first-order valence-electron chi connectivity index (χ1n) is 8.57. The minimum Gasteiger partial charge on any atom is -0.398 e. The fourth-order valence-corrected chi connectivity index (χ4v) is 2.88. The molecule has 0 unspecified atom stereocenters. The molecule has 1 aliphatic heterocycles. The zero-order valence-corrected chi connectivity index (χ0v) is 16.7. The van der Waals surface area contributed by atoms with Crippen molar-refractivity contribution in [3.63, 3.8) is 0 Å². The van der Waals surface area contributed by atoms with E-state index in [1.807, 2.05) is 6.79 Å². The topological polar surface area (TPSA) is 67.2 Å². The van der Waals surface area contributed by atoms with Gasteiger partial charge in [0.05, 0.1) is 11.1 Å². The molecule has 1 saturated heterocycles. The third-order valence-electron chi connectivity index (χ3n) is 3.56. The molecule has 1 aromatic carbocycles. The fourth-order valence-electron chi connectivity index (χ4n) is 2.12. The molecule has 29 heavy (non-hydrogen) atoms. The third-order valence-corrected chi connectivity index (χ3v) is 4.42. The Morgan fingerprint density at radius 3 is 1.93 bits per heavy atom. The molecule has 0 atom stereocenters. The molecule has 11 heteroatoms. The number of hydrogen-bond donors (Lipinski definition) is 3. The fraction of sp³-hybridized carbons (Fsp3) is 0.500. The second-order valence-corrected chi connectivity index (χ2v) is 6.78. The first-order valence-corrected chi connectivity index (χ1v) is 9.62. The maximum atomic E-state index is 12.7. The summed E-state index contributed by atoms with van der Waals surface area (Å²) in [5, 5.41) is 7.41. The highest BCUT2D eigenvalue weighted by Crippen LogP contribution is 2.37. The first kappa shape index (κ1) is 27.3. The Labute approximate surface area is 170 Å². The summed E-state index contributed by atoms with van der Waals surface area (Å²) in [6, 6.07) is 1.30. The zero-order valence-electron chi connectivity index (χ0n) is 15.9. The van der Waals surface area contributed by atoms with Crippen LogP contribution in [0.3, 0.4) is 0 Å². The van der Waals surface area contributed by atoms with Gasteiger partial charge >= 0.3 is 12.4 Å². The summed E-state index contributed by atoms with van der Waals surface area (Å²) in [6.45, 7) is 5.13. The standard InChI is InChI=1S/C13H14F6N2S.C4H9N.CH2O/c1-21-2-3-22-7-11(20)8-4-9(12(14,15)16)6-10(5-8)13(17,18)19;1-2-4-5-3-1;1-2/h4-7,21H,2-3,20H2,1H3;5H,1-4H2;1H2/b11-7-;;. The lowest BCUT2D eigenvalue weighted by Gasteiger charge is -2.14. The maximum Gasteiger partial charge on any atom is 0.416 e. The van der Waals surface area contributed by atoms with Crippen molar-refractivity contribution in [1.29, 1.82) is 0 Å². The monoisotopic (exact) mass is 445 g/mol. The van der Waals surface area contributed by atoms with Crippen molar-refractivity contribution < 1.29 is 31.1 Å². The SMILES string of the molecule is C1CCNC1.C=O.CNCCS/C=C(\N)c1cc(C(F)(F)F)cc(C(F)(F)F)c1. The van der Waals surface area contributed by atoms with Gasteiger partial charge in [-0.05, 0) is 62.1 Å². The molecule has 0 radical (unpaired) electrons. The van der Waals surface area contributed by atoms with E-state index < -0.39 is 23.5 Å². The van der Waals surface area contributed by atoms with Gasteiger partial charge in [-0.25, -0.2) is 0 Å². The molecule has 166 valence electrons. The molecule has 1 aliphatic rings. The van der Waals surface area contributed by atoms with Crippen LogP contribution in [0.1, 0.15) is 29.5 Å². The van der Waals surface area contributed by atoms with E-state index >= 15 is 0 Å². The maximum absolute atomic E-state index is 12.7. The third kappa shape index (κ3) is 11.1. The van der Waals surface area contributed by atoms with Crippen molar-refractivity contribution in [3.05, 3.63) is 40.3 Å². The number of alkyl halides is 6. The van der Waals surface area contributed by atoms with Crippen molar-refractivity contribution in [2.45, 2.75) is 25.2 Å². The normalized spacial score (nSPS) is 14.5. The van der Waals surface area contributed by atoms with E-state index in [-0.39, 0.29) is 17.3 Å². The molecule has 1 aromatic rings. The summed E-state index contributed by atoms with van der Waals surface area (Å²) in [4.78, 5) is 8.00. The van der Waals surface area contributed by atoms with Crippen LogP contribution in [0.25, 0.3) is 5.70 Å². The largest absolute Gasteiger partial charge is 0.416 e. The van der Waals surface area contributed by atoms with Crippen molar-refractivity contribution in [2.75, 3.05) is 32.4 Å². The summed E-state index contributed by atoms with van der Waals surface area (Å²) >= 11 is 1.20. The summed E-state index contributed by atoms with van der Waals surface area (Å²) < 4.78 is 76.3. The van der Waals surface area contributed by atoms with Crippen LogP contribution >= 0.6 is 11.8 Å². The lowest BCUT2D eigenvalue weighted by molar-refractivity contribution is -0.143. The average molecular weight is 445 g/mol. The first-order chi connectivity index (χ1) is 13.6. The Balaban J connectivity index is 0.000000949. The Bertz CT molecular complexity index is 591. The van der Waals surface area contributed by atoms with Crippen molar-refractivity contribution >= 4 is 24.2 Å². The molecule has 0 bridgehead atoms. The number of carbonyl (C=O) groups is 1.